The van der Waals surface area contributed by atoms with Crippen LogP contribution in [0.2, 0.25) is 0 Å². The molecule has 0 spiro atoms. The van der Waals surface area contributed by atoms with Crippen molar-refractivity contribution in [2.45, 2.75) is 37.6 Å². The Morgan fingerprint density at radius 3 is 2.36 bits per heavy atom. The zero-order valence-corrected chi connectivity index (χ0v) is 14.4. The first-order valence-corrected chi connectivity index (χ1v) is 10.4. The second-order valence-corrected chi connectivity index (χ2v) is 9.33. The number of sulfonamides is 1. The molecule has 1 heterocycles. The van der Waals surface area contributed by atoms with Crippen molar-refractivity contribution < 1.29 is 16.8 Å². The average molecular weight is 343 g/mol. The molecule has 0 amide bonds. The van der Waals surface area contributed by atoms with Gasteiger partial charge in [-0.2, -0.15) is 4.31 Å². The average Bonchev–Trinajstić information content (AvgIpc) is 2.79. The van der Waals surface area contributed by atoms with Gasteiger partial charge in [0.25, 0.3) is 0 Å². The summed E-state index contributed by atoms with van der Waals surface area (Å²) in [5.74, 6) is -0.179. The molecule has 1 aliphatic rings. The summed E-state index contributed by atoms with van der Waals surface area (Å²) in [6, 6.07) is 5.99. The monoisotopic (exact) mass is 343 g/mol. The number of nitrogens with zero attached hydrogens (tertiary/aromatic N) is 1. The minimum atomic E-state index is -3.71. The topological polar surface area (TPSA) is 71.5 Å². The Hall–Kier alpha value is -1.18. The highest BCUT2D eigenvalue weighted by Gasteiger charge is 2.35. The fourth-order valence-corrected chi connectivity index (χ4v) is 5.38. The van der Waals surface area contributed by atoms with E-state index >= 15 is 0 Å². The van der Waals surface area contributed by atoms with Gasteiger partial charge < -0.3 is 0 Å². The molecule has 2 rings (SSSR count). The van der Waals surface area contributed by atoms with Gasteiger partial charge in [0.1, 0.15) is 0 Å². The molecule has 0 bridgehead atoms. The summed E-state index contributed by atoms with van der Waals surface area (Å²) in [6.07, 6.45) is 3.00. The first kappa shape index (κ1) is 17.2. The van der Waals surface area contributed by atoms with Gasteiger partial charge in [-0.25, -0.2) is 16.8 Å². The zero-order valence-electron chi connectivity index (χ0n) is 12.8. The lowest BCUT2D eigenvalue weighted by Crippen LogP contribution is -2.41. The van der Waals surface area contributed by atoms with Crippen LogP contribution in [0.15, 0.2) is 40.6 Å². The van der Waals surface area contributed by atoms with Crippen molar-refractivity contribution in [2.24, 2.45) is 0 Å². The van der Waals surface area contributed by atoms with Crippen molar-refractivity contribution >= 4 is 19.9 Å². The number of sulfone groups is 1. The van der Waals surface area contributed by atoms with Crippen molar-refractivity contribution in [3.05, 3.63) is 41.3 Å². The molecule has 0 aromatic heterocycles. The Labute approximate surface area is 132 Å². The number of aryl methyl sites for hydroxylation is 1. The molecule has 1 atom stereocenters. The lowest BCUT2D eigenvalue weighted by Gasteiger charge is -2.26. The summed E-state index contributed by atoms with van der Waals surface area (Å²) in [6.45, 7) is 4.17. The van der Waals surface area contributed by atoms with Crippen molar-refractivity contribution in [3.63, 3.8) is 0 Å². The molecule has 0 fully saturated rings. The van der Waals surface area contributed by atoms with Crippen LogP contribution in [0.5, 0.6) is 0 Å². The van der Waals surface area contributed by atoms with Gasteiger partial charge in [0, 0.05) is 12.0 Å². The van der Waals surface area contributed by atoms with E-state index < -0.39 is 25.9 Å². The van der Waals surface area contributed by atoms with E-state index in [2.05, 4.69) is 0 Å². The summed E-state index contributed by atoms with van der Waals surface area (Å²) in [7, 11) is -7.01. The highest BCUT2D eigenvalue weighted by molar-refractivity contribution is 7.94. The molecule has 5 nitrogen and oxygen atoms in total. The van der Waals surface area contributed by atoms with Crippen molar-refractivity contribution in [3.8, 4) is 0 Å². The third kappa shape index (κ3) is 3.77. The van der Waals surface area contributed by atoms with E-state index in [1.807, 2.05) is 13.8 Å². The van der Waals surface area contributed by atoms with E-state index in [9.17, 15) is 16.8 Å². The van der Waals surface area contributed by atoms with Crippen molar-refractivity contribution in [2.75, 3.05) is 12.3 Å². The Morgan fingerprint density at radius 1 is 1.23 bits per heavy atom. The van der Waals surface area contributed by atoms with Gasteiger partial charge in [-0.15, -0.1) is 0 Å². The summed E-state index contributed by atoms with van der Waals surface area (Å²) < 4.78 is 50.2. The molecular weight excluding hydrogens is 322 g/mol. The number of hydrogen-bond donors (Lipinski definition) is 0. The predicted molar refractivity (Wildman–Crippen MR) is 86.7 cm³/mol. The SMILES string of the molecule is CCCCN(C1C=CS(=O)(=O)C1)S(=O)(=O)c1ccc(C)cc1. The van der Waals surface area contributed by atoms with Crippen LogP contribution in [-0.2, 0) is 19.9 Å². The van der Waals surface area contributed by atoms with Crippen LogP contribution >= 0.6 is 0 Å². The molecule has 1 aromatic rings. The first-order chi connectivity index (χ1) is 10.3. The van der Waals surface area contributed by atoms with Gasteiger partial charge >= 0.3 is 0 Å². The number of benzene rings is 1. The van der Waals surface area contributed by atoms with E-state index in [0.29, 0.717) is 13.0 Å². The van der Waals surface area contributed by atoms with Crippen LogP contribution in [0.25, 0.3) is 0 Å². The molecule has 122 valence electrons. The van der Waals surface area contributed by atoms with Crippen molar-refractivity contribution in [1.82, 2.24) is 4.31 Å². The van der Waals surface area contributed by atoms with Crippen molar-refractivity contribution in [1.29, 1.82) is 0 Å². The Morgan fingerprint density at radius 2 is 1.86 bits per heavy atom. The first-order valence-electron chi connectivity index (χ1n) is 7.26. The molecule has 0 saturated heterocycles. The minimum Gasteiger partial charge on any atom is -0.224 e. The molecular formula is C15H21NO4S2. The molecule has 0 saturated carbocycles. The lowest BCUT2D eigenvalue weighted by molar-refractivity contribution is 0.374. The summed E-state index contributed by atoms with van der Waals surface area (Å²) in [4.78, 5) is 0.201. The molecule has 0 aliphatic carbocycles. The maximum Gasteiger partial charge on any atom is 0.243 e. The quantitative estimate of drug-likeness (QED) is 0.793. The van der Waals surface area contributed by atoms with E-state index in [0.717, 1.165) is 17.4 Å². The van der Waals surface area contributed by atoms with Gasteiger partial charge in [0.05, 0.1) is 16.7 Å². The van der Waals surface area contributed by atoms with Crippen LogP contribution in [0.1, 0.15) is 25.3 Å². The molecule has 0 N–H and O–H groups in total. The van der Waals surface area contributed by atoms with Crippen LogP contribution in [0, 0.1) is 6.92 Å². The van der Waals surface area contributed by atoms with E-state index in [1.165, 1.54) is 10.4 Å². The summed E-state index contributed by atoms with van der Waals surface area (Å²) >= 11 is 0. The molecule has 1 aromatic carbocycles. The molecule has 7 heteroatoms. The smallest absolute Gasteiger partial charge is 0.224 e. The van der Waals surface area contributed by atoms with Crippen LogP contribution in [-0.4, -0.2) is 39.5 Å². The maximum atomic E-state index is 12.8. The number of unbranched alkanes of at least 4 members (excludes halogenated alkanes) is 1. The Balaban J connectivity index is 2.36. The van der Waals surface area contributed by atoms with Gasteiger partial charge in [-0.05, 0) is 25.5 Å². The van der Waals surface area contributed by atoms with Crippen LogP contribution in [0.3, 0.4) is 0 Å². The molecule has 0 radical (unpaired) electrons. The fraction of sp³-hybridized carbons (Fsp3) is 0.467. The second-order valence-electron chi connectivity index (χ2n) is 5.51. The third-order valence-corrected chi connectivity index (χ3v) is 6.96. The van der Waals surface area contributed by atoms with Crippen LogP contribution < -0.4 is 0 Å². The highest BCUT2D eigenvalue weighted by atomic mass is 32.2. The van der Waals surface area contributed by atoms with Gasteiger partial charge in [-0.3, -0.25) is 0 Å². The third-order valence-electron chi connectivity index (χ3n) is 3.64. The van der Waals surface area contributed by atoms with E-state index in [1.54, 1.807) is 24.3 Å². The molecule has 1 aliphatic heterocycles. The minimum absolute atomic E-state index is 0.179. The normalized spacial score (nSPS) is 20.6. The summed E-state index contributed by atoms with van der Waals surface area (Å²) in [5, 5.41) is 1.11. The van der Waals surface area contributed by atoms with Gasteiger partial charge in [0.2, 0.25) is 10.0 Å². The van der Waals surface area contributed by atoms with Crippen LogP contribution in [0.4, 0.5) is 0 Å². The Bertz CT molecular complexity index is 749. The maximum absolute atomic E-state index is 12.8. The Kier molecular flexibility index (Phi) is 5.09. The fourth-order valence-electron chi connectivity index (χ4n) is 2.36. The second kappa shape index (κ2) is 6.52. The van der Waals surface area contributed by atoms with E-state index in [-0.39, 0.29) is 10.6 Å². The summed E-state index contributed by atoms with van der Waals surface area (Å²) in [5.41, 5.74) is 0.974. The number of rotatable bonds is 6. The largest absolute Gasteiger partial charge is 0.243 e. The predicted octanol–water partition coefficient (Wildman–Crippen LogP) is 2.10. The highest BCUT2D eigenvalue weighted by Crippen LogP contribution is 2.24. The molecule has 22 heavy (non-hydrogen) atoms. The zero-order chi connectivity index (χ0) is 16.4. The lowest BCUT2D eigenvalue weighted by atomic mass is 10.2. The van der Waals surface area contributed by atoms with E-state index in [4.69, 9.17) is 0 Å². The number of hydrogen-bond acceptors (Lipinski definition) is 4. The van der Waals surface area contributed by atoms with Gasteiger partial charge in [0.15, 0.2) is 9.84 Å². The standard InChI is InChI=1S/C15H21NO4S2/c1-3-4-10-16(14-9-11-21(17,18)12-14)22(19,20)15-7-5-13(2)6-8-15/h5-9,11,14H,3-4,10,12H2,1-2H3. The van der Waals surface area contributed by atoms with Gasteiger partial charge in [-0.1, -0.05) is 37.1 Å². The molecule has 1 unspecified atom stereocenters.